The van der Waals surface area contributed by atoms with Crippen molar-refractivity contribution in [3.05, 3.63) is 52.1 Å². The number of anilines is 1. The zero-order valence-electron chi connectivity index (χ0n) is 19.1. The third-order valence-corrected chi connectivity index (χ3v) is 6.17. The van der Waals surface area contributed by atoms with Crippen LogP contribution in [0.25, 0.3) is 28.2 Å². The quantitative estimate of drug-likeness (QED) is 0.452. The zero-order valence-corrected chi connectivity index (χ0v) is 19.1. The molecule has 1 aromatic carbocycles. The monoisotopic (exact) mass is 488 g/mol. The van der Waals surface area contributed by atoms with Crippen molar-refractivity contribution in [1.82, 2.24) is 24.8 Å². The molecule has 0 spiro atoms. The molecule has 12 heteroatoms. The summed E-state index contributed by atoms with van der Waals surface area (Å²) in [7, 11) is 1.62. The minimum absolute atomic E-state index is 0.0519. The molecule has 0 saturated carbocycles. The first-order valence-electron chi connectivity index (χ1n) is 11.2. The molecule has 1 atom stereocenters. The van der Waals surface area contributed by atoms with Crippen LogP contribution in [0.2, 0.25) is 0 Å². The van der Waals surface area contributed by atoms with Crippen LogP contribution in [-0.2, 0) is 10.9 Å². The van der Waals surface area contributed by atoms with E-state index in [1.807, 2.05) is 4.90 Å². The first-order valence-corrected chi connectivity index (χ1v) is 11.2. The number of aromatic amines is 1. The van der Waals surface area contributed by atoms with Gasteiger partial charge in [0.2, 0.25) is 0 Å². The number of piperidine rings is 1. The molecule has 0 aliphatic carbocycles. The Bertz CT molecular complexity index is 1410. The molecular weight excluding hydrogens is 465 g/mol. The lowest BCUT2D eigenvalue weighted by molar-refractivity contribution is -0.140. The molecule has 1 unspecified atom stereocenters. The lowest BCUT2D eigenvalue weighted by atomic mass is 10.0. The number of methoxy groups -OCH3 is 1. The average Bonchev–Trinajstić information content (AvgIpc) is 3.46. The van der Waals surface area contributed by atoms with Crippen molar-refractivity contribution in [2.45, 2.75) is 38.4 Å². The van der Waals surface area contributed by atoms with Gasteiger partial charge in [0.25, 0.3) is 11.4 Å². The fourth-order valence-corrected chi connectivity index (χ4v) is 4.56. The van der Waals surface area contributed by atoms with Gasteiger partial charge < -0.3 is 14.1 Å². The SMILES string of the molecule is COCC1CCCCN1c1nnc(-c2c(C)nc3c(-c4ccccc4)c(C(F)(F)F)[nH]n3c2=O)o1. The van der Waals surface area contributed by atoms with Gasteiger partial charge >= 0.3 is 12.2 Å². The third kappa shape index (κ3) is 4.07. The number of aryl methyl sites for hydroxylation is 1. The first-order chi connectivity index (χ1) is 16.8. The van der Waals surface area contributed by atoms with Crippen LogP contribution in [0, 0.1) is 6.92 Å². The molecule has 1 aliphatic heterocycles. The highest BCUT2D eigenvalue weighted by Gasteiger charge is 2.38. The summed E-state index contributed by atoms with van der Waals surface area (Å²) >= 11 is 0. The van der Waals surface area contributed by atoms with Crippen LogP contribution in [0.15, 0.2) is 39.5 Å². The number of H-pyrrole nitrogens is 1. The van der Waals surface area contributed by atoms with Crippen LogP contribution in [0.4, 0.5) is 19.2 Å². The second-order valence-corrected chi connectivity index (χ2v) is 8.45. The number of hydrogen-bond acceptors (Lipinski definition) is 7. The standard InChI is InChI=1S/C23H23F3N6O3/c1-13-16(20-28-29-22(35-20)31-11-7-6-10-15(31)12-34-2)21(33)32-19(27-13)17(14-8-4-3-5-9-14)18(30-32)23(24,25)26/h3-5,8-9,15,30H,6-7,10-12H2,1-2H3. The summed E-state index contributed by atoms with van der Waals surface area (Å²) in [5.41, 5.74) is -1.75. The highest BCUT2D eigenvalue weighted by Crippen LogP contribution is 2.38. The number of nitrogens with one attached hydrogen (secondary N) is 1. The van der Waals surface area contributed by atoms with E-state index in [-0.39, 0.29) is 46.0 Å². The van der Waals surface area contributed by atoms with Crippen LogP contribution in [0.5, 0.6) is 0 Å². The van der Waals surface area contributed by atoms with Gasteiger partial charge in [-0.25, -0.2) is 4.98 Å². The third-order valence-electron chi connectivity index (χ3n) is 6.17. The first kappa shape index (κ1) is 23.1. The fourth-order valence-electron chi connectivity index (χ4n) is 4.56. The van der Waals surface area contributed by atoms with Gasteiger partial charge in [0.05, 0.1) is 23.9 Å². The fraction of sp³-hybridized carbons (Fsp3) is 0.391. The molecule has 4 heterocycles. The molecule has 4 aromatic rings. The number of alkyl halides is 3. The van der Waals surface area contributed by atoms with Gasteiger partial charge in [-0.1, -0.05) is 35.4 Å². The molecule has 1 fully saturated rings. The van der Waals surface area contributed by atoms with E-state index in [0.29, 0.717) is 13.2 Å². The number of rotatable bonds is 5. The molecule has 3 aromatic heterocycles. The minimum atomic E-state index is -4.73. The molecule has 0 bridgehead atoms. The summed E-state index contributed by atoms with van der Waals surface area (Å²) in [6, 6.07) is 8.29. The number of ether oxygens (including phenoxy) is 1. The Morgan fingerprint density at radius 1 is 1.17 bits per heavy atom. The van der Waals surface area contributed by atoms with Crippen molar-refractivity contribution in [3.63, 3.8) is 0 Å². The molecule has 0 radical (unpaired) electrons. The van der Waals surface area contributed by atoms with Gasteiger partial charge in [0.15, 0.2) is 5.65 Å². The topological polar surface area (TPSA) is 102 Å². The summed E-state index contributed by atoms with van der Waals surface area (Å²) in [5, 5.41) is 10.3. The van der Waals surface area contributed by atoms with Gasteiger partial charge in [-0.3, -0.25) is 9.89 Å². The van der Waals surface area contributed by atoms with Gasteiger partial charge in [-0.2, -0.15) is 17.7 Å². The normalized spacial score (nSPS) is 16.8. The van der Waals surface area contributed by atoms with Gasteiger partial charge in [-0.15, -0.1) is 5.10 Å². The summed E-state index contributed by atoms with van der Waals surface area (Å²) in [6.45, 7) is 2.71. The molecular formula is C23H23F3N6O3. The maximum atomic E-state index is 13.9. The molecule has 0 amide bonds. The van der Waals surface area contributed by atoms with Crippen LogP contribution >= 0.6 is 0 Å². The Balaban J connectivity index is 1.64. The summed E-state index contributed by atoms with van der Waals surface area (Å²) in [4.78, 5) is 19.7. The van der Waals surface area contributed by atoms with E-state index >= 15 is 0 Å². The molecule has 1 N–H and O–H groups in total. The molecule has 184 valence electrons. The predicted molar refractivity (Wildman–Crippen MR) is 121 cm³/mol. The van der Waals surface area contributed by atoms with E-state index in [0.717, 1.165) is 23.8 Å². The maximum absolute atomic E-state index is 13.9. The number of halogens is 3. The summed E-state index contributed by atoms with van der Waals surface area (Å²) in [5.74, 6) is -0.101. The highest BCUT2D eigenvalue weighted by molar-refractivity contribution is 5.81. The van der Waals surface area contributed by atoms with E-state index in [9.17, 15) is 18.0 Å². The van der Waals surface area contributed by atoms with Gasteiger partial charge in [-0.05, 0) is 31.7 Å². The number of benzene rings is 1. The second-order valence-electron chi connectivity index (χ2n) is 8.45. The summed E-state index contributed by atoms with van der Waals surface area (Å²) in [6.07, 6.45) is -1.85. The minimum Gasteiger partial charge on any atom is -0.403 e. The lowest BCUT2D eigenvalue weighted by Gasteiger charge is -2.33. The van der Waals surface area contributed by atoms with Crippen molar-refractivity contribution in [3.8, 4) is 22.6 Å². The van der Waals surface area contributed by atoms with Gasteiger partial charge in [0.1, 0.15) is 11.3 Å². The van der Waals surface area contributed by atoms with Crippen molar-refractivity contribution < 1.29 is 22.3 Å². The van der Waals surface area contributed by atoms with E-state index in [4.69, 9.17) is 9.15 Å². The average molecular weight is 488 g/mol. The van der Waals surface area contributed by atoms with Crippen LogP contribution in [-0.4, -0.2) is 51.1 Å². The van der Waals surface area contributed by atoms with Crippen molar-refractivity contribution in [1.29, 1.82) is 0 Å². The maximum Gasteiger partial charge on any atom is 0.433 e. The Morgan fingerprint density at radius 3 is 2.66 bits per heavy atom. The van der Waals surface area contributed by atoms with E-state index < -0.39 is 17.4 Å². The molecule has 1 aliphatic rings. The summed E-state index contributed by atoms with van der Waals surface area (Å²) < 4.78 is 53.6. The highest BCUT2D eigenvalue weighted by atomic mass is 19.4. The zero-order chi connectivity index (χ0) is 24.7. The molecule has 1 saturated heterocycles. The Hall–Kier alpha value is -3.67. The van der Waals surface area contributed by atoms with Crippen molar-refractivity contribution in [2.24, 2.45) is 0 Å². The number of fused-ring (bicyclic) bond motifs is 1. The van der Waals surface area contributed by atoms with E-state index in [2.05, 4.69) is 20.3 Å². The molecule has 35 heavy (non-hydrogen) atoms. The van der Waals surface area contributed by atoms with E-state index in [1.54, 1.807) is 25.3 Å². The van der Waals surface area contributed by atoms with Crippen LogP contribution < -0.4 is 10.5 Å². The Morgan fingerprint density at radius 2 is 1.94 bits per heavy atom. The Labute approximate surface area is 197 Å². The second kappa shape index (κ2) is 8.84. The van der Waals surface area contributed by atoms with Crippen LogP contribution in [0.3, 0.4) is 0 Å². The smallest absolute Gasteiger partial charge is 0.403 e. The lowest BCUT2D eigenvalue weighted by Crippen LogP contribution is -2.42. The van der Waals surface area contributed by atoms with E-state index in [1.165, 1.54) is 19.1 Å². The van der Waals surface area contributed by atoms with Crippen molar-refractivity contribution >= 4 is 11.7 Å². The molecule has 9 nitrogen and oxygen atoms in total. The largest absolute Gasteiger partial charge is 0.433 e. The van der Waals surface area contributed by atoms with Crippen molar-refractivity contribution in [2.75, 3.05) is 25.2 Å². The predicted octanol–water partition coefficient (Wildman–Crippen LogP) is 4.07. The van der Waals surface area contributed by atoms with Gasteiger partial charge in [0, 0.05) is 13.7 Å². The number of aromatic nitrogens is 5. The number of nitrogens with zero attached hydrogens (tertiary/aromatic N) is 5. The van der Waals surface area contributed by atoms with Crippen LogP contribution in [0.1, 0.15) is 30.7 Å². The number of hydrogen-bond donors (Lipinski definition) is 1. The molecule has 5 rings (SSSR count). The Kier molecular flexibility index (Phi) is 5.83.